The number of amides is 10. The molecule has 10 rings (SSSR count). The molecule has 114 heavy (non-hydrogen) atoms. The predicted octanol–water partition coefficient (Wildman–Crippen LogP) is 1.20. The lowest BCUT2D eigenvalue weighted by molar-refractivity contribution is -0.137. The molecule has 0 aromatic carbocycles. The molecule has 9 heterocycles. The molecule has 15 atom stereocenters. The molecule has 0 unspecified atom stereocenters. The van der Waals surface area contributed by atoms with Crippen LogP contribution in [0.15, 0.2) is 105 Å². The number of aliphatic hydroxyl groups is 5. The number of hydrogen-bond donors (Lipinski definition) is 16. The Balaban J connectivity index is 1.17. The Kier molecular flexibility index (Phi) is 26.5. The van der Waals surface area contributed by atoms with Crippen molar-refractivity contribution in [2.24, 2.45) is 15.9 Å². The number of ether oxygens (including phenoxy) is 2. The number of carbonyl (C=O) groups excluding carboxylic acids is 12. The van der Waals surface area contributed by atoms with Crippen LogP contribution in [0.2, 0.25) is 0 Å². The molecule has 0 spiro atoms. The van der Waals surface area contributed by atoms with Crippen molar-refractivity contribution in [2.75, 3.05) is 12.9 Å². The van der Waals surface area contributed by atoms with E-state index < -0.39 is 201 Å². The number of thiazole rings is 4. The molecular weight excluding hydrogens is 1580 g/mol. The third-order valence-electron chi connectivity index (χ3n) is 18.8. The Morgan fingerprint density at radius 1 is 0.746 bits per heavy atom. The zero-order valence-corrected chi connectivity index (χ0v) is 66.9. The number of methoxy groups -OCH3 is 1. The number of thioether (sulfide) groups is 1. The zero-order chi connectivity index (χ0) is 83.4. The monoisotopic (exact) mass is 1660 g/mol. The van der Waals surface area contributed by atoms with E-state index in [9.17, 15) is 68.7 Å². The molecule has 37 nitrogen and oxygen atoms in total. The van der Waals surface area contributed by atoms with Gasteiger partial charge in [-0.25, -0.2) is 34.5 Å². The predicted molar refractivity (Wildman–Crippen MR) is 416 cm³/mol. The Hall–Kier alpha value is -10.8. The highest BCUT2D eigenvalue weighted by molar-refractivity contribution is 8.14. The molecule has 5 aliphatic rings. The smallest absolute Gasteiger partial charge is 0.357 e. The summed E-state index contributed by atoms with van der Waals surface area (Å²) in [6.45, 7) is 27.0. The first kappa shape index (κ1) is 85.6. The molecule has 16 N–H and O–H groups in total. The number of aromatic nitrogens is 5. The highest BCUT2D eigenvalue weighted by atomic mass is 32.2. The van der Waals surface area contributed by atoms with E-state index in [4.69, 9.17) is 19.7 Å². The van der Waals surface area contributed by atoms with E-state index in [-0.39, 0.29) is 89.0 Å². The first-order valence-corrected chi connectivity index (χ1v) is 39.6. The average molecular weight is 1660 g/mol. The quantitative estimate of drug-likeness (QED) is 0.0652. The summed E-state index contributed by atoms with van der Waals surface area (Å²) in [5, 5.41) is 91.6. The summed E-state index contributed by atoms with van der Waals surface area (Å²) in [6, 6.07) is -10.4. The van der Waals surface area contributed by atoms with Crippen LogP contribution in [0.4, 0.5) is 0 Å². The van der Waals surface area contributed by atoms with Crippen LogP contribution in [0, 0.1) is 5.92 Å². The number of allylic oxidation sites excluding steroid dienone is 1. The van der Waals surface area contributed by atoms with Gasteiger partial charge in [-0.05, 0) is 78.9 Å². The molecule has 0 radical (unpaired) electrons. The minimum Gasteiger partial charge on any atom is -0.464 e. The zero-order valence-electron chi connectivity index (χ0n) is 62.8. The first-order chi connectivity index (χ1) is 53.7. The standard InChI is InChI=1S/C72H82N18O19S5/c1-15-38-64-83-45(23-110-64)61(102)89-53(71(13,107)35(12)93)67-85-44(24-113-67)59(100)88-49-34(11)109-69(106)41-20-37(32(9)91)36-16-17-39(51(94)50(36)79-41)78-47(26(2)3)62(103)76-29(6)55(96)73-27(4)54(95)74-30(7)57(98)90-72(70-86-46(25-114-70)60(101)87-48(33(10)92)63(104)81-38)19-18-40(80-52(72)42-21-112-66(49)82-42)65-84-43(22-111-65)58(99)75-28(5)56(97)77-31(8)68(105)108-14/h15-17,20-22,24-26,30,32-35,39,45,47-49,51-53,78,91-94,107H,4-6,8,18-19,23H2,1-3,7,9-14H3,(H,73,96)(H,74,95)(H,75,99)(H,76,103)(H,77,97)(H,81,104)(H,87,101)(H,88,100)(H,89,102)(H,90,98)/b38-15-/t30-,32+,33-,34+,35-,39-,45-,47-,48-,49-,51+,52-,53-,71-,72-/m1/s1. The topological polar surface area (TPSA) is 546 Å². The average Bonchev–Trinajstić information content (AvgIpc) is 1.49. The number of pyridine rings is 1. The van der Waals surface area contributed by atoms with Crippen LogP contribution in [-0.2, 0) is 53.4 Å². The summed E-state index contributed by atoms with van der Waals surface area (Å²) in [7, 11) is 1.06. The minimum atomic E-state index is -2.21. The van der Waals surface area contributed by atoms with Crippen molar-refractivity contribution in [1.82, 2.24) is 83.4 Å². The number of cyclic esters (lactones) is 1. The van der Waals surface area contributed by atoms with Gasteiger partial charge >= 0.3 is 11.9 Å². The number of carbonyl (C=O) groups is 12. The number of esters is 2. The van der Waals surface area contributed by atoms with Gasteiger partial charge in [0.15, 0.2) is 0 Å². The lowest BCUT2D eigenvalue weighted by Gasteiger charge is -2.41. The van der Waals surface area contributed by atoms with Crippen molar-refractivity contribution >= 4 is 145 Å². The van der Waals surface area contributed by atoms with E-state index in [0.717, 1.165) is 64.2 Å². The van der Waals surface area contributed by atoms with Gasteiger partial charge in [0.05, 0.1) is 77.4 Å². The maximum Gasteiger partial charge on any atom is 0.357 e. The fourth-order valence-electron chi connectivity index (χ4n) is 12.2. The fraction of sp³-hybridized carbons (Fsp3) is 0.403. The largest absolute Gasteiger partial charge is 0.464 e. The number of nitrogens with one attached hydrogen (secondary N) is 11. The third-order valence-corrected chi connectivity index (χ3v) is 23.7. The first-order valence-electron chi connectivity index (χ1n) is 35.1. The summed E-state index contributed by atoms with van der Waals surface area (Å²) in [4.78, 5) is 203. The van der Waals surface area contributed by atoms with E-state index in [1.54, 1.807) is 20.8 Å². The van der Waals surface area contributed by atoms with Gasteiger partial charge < -0.3 is 88.2 Å². The molecular formula is C72H82N18O19S5. The second-order valence-electron chi connectivity index (χ2n) is 27.5. The number of fused-ring (bicyclic) bond motifs is 7. The van der Waals surface area contributed by atoms with E-state index in [2.05, 4.69) is 109 Å². The SMILES string of the molecule is C=C1NC(=O)[C@@H](C(C)C)N[C@@H]2C=Cc3c([C@H](C)O)cc(nc3[C@H]2O)C(=O)O[C@@H](C)[C@H]2NC(=O)c3csc(n3)[C@H]([C@](C)(O)[C@@H](C)O)NC(=O)[C@H]3CSC(=N3)/C(=C/C)NC(=O)[C@@H]([C@@H](C)O)NC(=O)c3csc(n3)[C@]3(CCC(c4nc(C(=O)NC(=C)C(=O)NC(=C)C(=O)OC)cs4)=N[C@@H]3c3csc2n3)NC(=O)[C@@H](C)NC(=O)C(=C)NC1=O. The summed E-state index contributed by atoms with van der Waals surface area (Å²) < 4.78 is 10.8. The Morgan fingerprint density at radius 3 is 2.10 bits per heavy atom. The minimum absolute atomic E-state index is 0.0184. The summed E-state index contributed by atoms with van der Waals surface area (Å²) in [6.07, 6.45) is -3.71. The van der Waals surface area contributed by atoms with Crippen LogP contribution < -0.4 is 58.5 Å². The molecule has 5 aromatic heterocycles. The molecule has 604 valence electrons. The summed E-state index contributed by atoms with van der Waals surface area (Å²) in [5.74, 6) is -12.6. The maximum atomic E-state index is 15.4. The molecule has 0 saturated heterocycles. The number of rotatable bonds is 11. The Bertz CT molecular complexity index is 4940. The number of hydrogen-bond acceptors (Lipinski definition) is 32. The van der Waals surface area contributed by atoms with E-state index in [1.165, 1.54) is 87.4 Å². The summed E-state index contributed by atoms with van der Waals surface area (Å²) in [5.41, 5.74) is -7.73. The van der Waals surface area contributed by atoms with Crippen molar-refractivity contribution < 1.29 is 92.5 Å². The van der Waals surface area contributed by atoms with Crippen molar-refractivity contribution in [2.45, 2.75) is 165 Å². The van der Waals surface area contributed by atoms with E-state index in [0.29, 0.717) is 0 Å². The number of nitrogens with zero attached hydrogens (tertiary/aromatic N) is 7. The molecule has 13 bridgehead atoms. The lowest BCUT2D eigenvalue weighted by atomic mass is 9.80. The summed E-state index contributed by atoms with van der Waals surface area (Å²) >= 11 is 4.40. The van der Waals surface area contributed by atoms with Crippen LogP contribution in [-0.4, -0.2) is 199 Å². The molecule has 0 saturated carbocycles. The normalized spacial score (nSPS) is 26.0. The maximum absolute atomic E-state index is 15.4. The van der Waals surface area contributed by atoms with Gasteiger partial charge in [0.1, 0.15) is 113 Å². The molecule has 0 fully saturated rings. The fourth-order valence-corrected chi connectivity index (χ4v) is 17.0. The number of aliphatic hydroxyl groups excluding tert-OH is 4. The highest BCUT2D eigenvalue weighted by Gasteiger charge is 2.51. The Labute approximate surface area is 670 Å². The van der Waals surface area contributed by atoms with Gasteiger partial charge in [-0.15, -0.1) is 57.1 Å². The number of aliphatic imine (C=N–C) groups is 2. The van der Waals surface area contributed by atoms with Gasteiger partial charge in [0.2, 0.25) is 23.6 Å². The Morgan fingerprint density at radius 2 is 1.42 bits per heavy atom. The van der Waals surface area contributed by atoms with Crippen molar-refractivity contribution in [3.05, 3.63) is 160 Å². The van der Waals surface area contributed by atoms with Gasteiger partial charge in [-0.1, -0.05) is 58.4 Å². The highest BCUT2D eigenvalue weighted by Crippen LogP contribution is 2.48. The second kappa shape index (κ2) is 35.3. The van der Waals surface area contributed by atoms with Crippen LogP contribution in [0.1, 0.15) is 190 Å². The van der Waals surface area contributed by atoms with E-state index >= 15 is 14.4 Å². The second-order valence-corrected chi connectivity index (χ2v) is 32.0. The van der Waals surface area contributed by atoms with Crippen LogP contribution in [0.3, 0.4) is 0 Å². The van der Waals surface area contributed by atoms with Gasteiger partial charge in [-0.3, -0.25) is 63.2 Å². The van der Waals surface area contributed by atoms with Crippen molar-refractivity contribution in [3.8, 4) is 0 Å². The van der Waals surface area contributed by atoms with Gasteiger partial charge in [0, 0.05) is 32.8 Å². The van der Waals surface area contributed by atoms with E-state index in [1.807, 2.05) is 0 Å². The van der Waals surface area contributed by atoms with Crippen LogP contribution >= 0.6 is 57.1 Å². The molecule has 10 amide bonds. The molecule has 1 aliphatic carbocycles. The molecule has 42 heteroatoms. The van der Waals surface area contributed by atoms with Crippen LogP contribution in [0.25, 0.3) is 6.08 Å². The third kappa shape index (κ3) is 18.5. The van der Waals surface area contributed by atoms with Crippen LogP contribution in [0.5, 0.6) is 0 Å². The van der Waals surface area contributed by atoms with Gasteiger partial charge in [-0.2, -0.15) is 0 Å². The van der Waals surface area contributed by atoms with Gasteiger partial charge in [0.25, 0.3) is 35.4 Å². The van der Waals surface area contributed by atoms with Crippen molar-refractivity contribution in [3.63, 3.8) is 0 Å². The molecule has 5 aromatic rings. The molecule has 4 aliphatic heterocycles. The van der Waals surface area contributed by atoms with Crippen molar-refractivity contribution in [1.29, 1.82) is 0 Å². The lowest BCUT2D eigenvalue weighted by Crippen LogP contribution is -2.57.